The molecular weight excluding hydrogens is 210 g/mol. The largest absolute Gasteiger partial charge is 0.475 e. The third-order valence-corrected chi connectivity index (χ3v) is 1.84. The Morgan fingerprint density at radius 2 is 2.00 bits per heavy atom. The zero-order valence-corrected chi connectivity index (χ0v) is 9.60. The molecule has 6 nitrogen and oxygen atoms in total. The molecule has 6 heteroatoms. The van der Waals surface area contributed by atoms with E-state index in [2.05, 4.69) is 9.97 Å². The number of hydrogen-bond acceptors (Lipinski definition) is 6. The van der Waals surface area contributed by atoms with Crippen LogP contribution in [0.2, 0.25) is 0 Å². The van der Waals surface area contributed by atoms with E-state index in [-0.39, 0.29) is 5.95 Å². The molecule has 0 aliphatic carbocycles. The van der Waals surface area contributed by atoms with E-state index in [0.717, 1.165) is 5.56 Å². The highest BCUT2D eigenvalue weighted by Crippen LogP contribution is 2.13. The van der Waals surface area contributed by atoms with Gasteiger partial charge in [0, 0.05) is 18.9 Å². The molecule has 1 heterocycles. The molecule has 0 radical (unpaired) electrons. The maximum atomic E-state index is 5.45. The second-order valence-electron chi connectivity index (χ2n) is 3.17. The molecule has 0 spiro atoms. The van der Waals surface area contributed by atoms with E-state index in [4.69, 9.17) is 19.9 Å². The van der Waals surface area contributed by atoms with E-state index in [9.17, 15) is 0 Å². The van der Waals surface area contributed by atoms with Gasteiger partial charge in [-0.3, -0.25) is 0 Å². The molecule has 0 aliphatic rings. The summed E-state index contributed by atoms with van der Waals surface area (Å²) in [5.41, 5.74) is 6.30. The molecule has 90 valence electrons. The van der Waals surface area contributed by atoms with Crippen LogP contribution in [-0.2, 0) is 9.47 Å². The maximum absolute atomic E-state index is 5.45. The maximum Gasteiger partial charge on any atom is 0.223 e. The van der Waals surface area contributed by atoms with E-state index in [0.29, 0.717) is 32.3 Å². The van der Waals surface area contributed by atoms with Crippen molar-refractivity contribution < 1.29 is 14.2 Å². The smallest absolute Gasteiger partial charge is 0.223 e. The number of ether oxygens (including phenoxy) is 3. The lowest BCUT2D eigenvalue weighted by Gasteiger charge is -2.08. The summed E-state index contributed by atoms with van der Waals surface area (Å²) in [7, 11) is 1.63. The molecule has 1 aromatic rings. The lowest BCUT2D eigenvalue weighted by atomic mass is 10.4. The predicted octanol–water partition coefficient (Wildman–Crippen LogP) is 0.409. The van der Waals surface area contributed by atoms with Crippen LogP contribution in [0.1, 0.15) is 5.56 Å². The average molecular weight is 227 g/mol. The third kappa shape index (κ3) is 4.41. The van der Waals surface area contributed by atoms with Crippen LogP contribution in [0, 0.1) is 6.92 Å². The van der Waals surface area contributed by atoms with Crippen LogP contribution in [0.15, 0.2) is 6.20 Å². The number of anilines is 1. The first kappa shape index (κ1) is 12.7. The first-order valence-corrected chi connectivity index (χ1v) is 5.02. The number of nitrogen functional groups attached to an aromatic ring is 1. The van der Waals surface area contributed by atoms with E-state index >= 15 is 0 Å². The van der Waals surface area contributed by atoms with Gasteiger partial charge in [0.15, 0.2) is 0 Å². The summed E-state index contributed by atoms with van der Waals surface area (Å²) in [6.07, 6.45) is 1.63. The van der Waals surface area contributed by atoms with Gasteiger partial charge in [-0.2, -0.15) is 4.98 Å². The van der Waals surface area contributed by atoms with Crippen molar-refractivity contribution in [2.45, 2.75) is 6.92 Å². The van der Waals surface area contributed by atoms with Crippen molar-refractivity contribution in [1.82, 2.24) is 9.97 Å². The van der Waals surface area contributed by atoms with Crippen LogP contribution in [0.3, 0.4) is 0 Å². The molecule has 1 rings (SSSR count). The molecule has 16 heavy (non-hydrogen) atoms. The Balaban J connectivity index is 2.23. The van der Waals surface area contributed by atoms with Crippen LogP contribution in [-0.4, -0.2) is 43.5 Å². The summed E-state index contributed by atoms with van der Waals surface area (Å²) in [6.45, 7) is 3.93. The van der Waals surface area contributed by atoms with Gasteiger partial charge >= 0.3 is 0 Å². The first-order valence-electron chi connectivity index (χ1n) is 5.02. The van der Waals surface area contributed by atoms with Gasteiger partial charge in [0.1, 0.15) is 6.61 Å². The van der Waals surface area contributed by atoms with Crippen molar-refractivity contribution >= 4 is 5.95 Å². The number of methoxy groups -OCH3 is 1. The van der Waals surface area contributed by atoms with Crippen molar-refractivity contribution in [2.75, 3.05) is 39.3 Å². The topological polar surface area (TPSA) is 79.5 Å². The number of aromatic nitrogens is 2. The number of nitrogens with zero attached hydrogens (tertiary/aromatic N) is 2. The quantitative estimate of drug-likeness (QED) is 0.679. The molecule has 0 saturated heterocycles. The van der Waals surface area contributed by atoms with Gasteiger partial charge in [-0.25, -0.2) is 4.98 Å². The molecular formula is C10H17N3O3. The molecule has 0 saturated carbocycles. The standard InChI is InChI=1S/C10H17N3O3/c1-8-7-12-10(11)13-9(8)16-6-5-15-4-3-14-2/h7H,3-6H2,1-2H3,(H2,11,12,13). The van der Waals surface area contributed by atoms with Crippen molar-refractivity contribution in [1.29, 1.82) is 0 Å². The van der Waals surface area contributed by atoms with Crippen LogP contribution >= 0.6 is 0 Å². The van der Waals surface area contributed by atoms with Crippen molar-refractivity contribution in [3.8, 4) is 5.88 Å². The lowest BCUT2D eigenvalue weighted by Crippen LogP contribution is -2.11. The van der Waals surface area contributed by atoms with Gasteiger partial charge in [-0.1, -0.05) is 0 Å². The van der Waals surface area contributed by atoms with E-state index in [1.807, 2.05) is 6.92 Å². The van der Waals surface area contributed by atoms with Gasteiger partial charge in [0.05, 0.1) is 19.8 Å². The number of hydrogen-bond donors (Lipinski definition) is 1. The monoisotopic (exact) mass is 227 g/mol. The number of rotatable bonds is 7. The Morgan fingerprint density at radius 3 is 2.75 bits per heavy atom. The molecule has 0 unspecified atom stereocenters. The molecule has 0 aromatic carbocycles. The van der Waals surface area contributed by atoms with E-state index < -0.39 is 0 Å². The minimum Gasteiger partial charge on any atom is -0.475 e. The lowest BCUT2D eigenvalue weighted by molar-refractivity contribution is 0.0535. The highest BCUT2D eigenvalue weighted by molar-refractivity contribution is 5.28. The van der Waals surface area contributed by atoms with E-state index in [1.165, 1.54) is 0 Å². The molecule has 0 amide bonds. The van der Waals surface area contributed by atoms with Crippen molar-refractivity contribution in [3.63, 3.8) is 0 Å². The number of aryl methyl sites for hydroxylation is 1. The number of nitrogens with two attached hydrogens (primary N) is 1. The van der Waals surface area contributed by atoms with Gasteiger partial charge < -0.3 is 19.9 Å². The summed E-state index contributed by atoms with van der Waals surface area (Å²) < 4.78 is 15.5. The Hall–Kier alpha value is -1.40. The third-order valence-electron chi connectivity index (χ3n) is 1.84. The average Bonchev–Trinajstić information content (AvgIpc) is 2.28. The second kappa shape index (κ2) is 6.97. The van der Waals surface area contributed by atoms with Crippen molar-refractivity contribution in [2.24, 2.45) is 0 Å². The van der Waals surface area contributed by atoms with Crippen LogP contribution < -0.4 is 10.5 Å². The molecule has 1 aromatic heterocycles. The Labute approximate surface area is 94.7 Å². The Morgan fingerprint density at radius 1 is 1.25 bits per heavy atom. The van der Waals surface area contributed by atoms with Crippen LogP contribution in [0.5, 0.6) is 5.88 Å². The predicted molar refractivity (Wildman–Crippen MR) is 59.4 cm³/mol. The highest BCUT2D eigenvalue weighted by atomic mass is 16.5. The second-order valence-corrected chi connectivity index (χ2v) is 3.17. The first-order chi connectivity index (χ1) is 7.74. The fourth-order valence-corrected chi connectivity index (χ4v) is 1.03. The molecule has 0 fully saturated rings. The Bertz CT molecular complexity index is 320. The minimum atomic E-state index is 0.209. The van der Waals surface area contributed by atoms with Gasteiger partial charge in [-0.05, 0) is 6.92 Å². The van der Waals surface area contributed by atoms with Gasteiger partial charge in [0.25, 0.3) is 0 Å². The SMILES string of the molecule is COCCOCCOc1nc(N)ncc1C. The van der Waals surface area contributed by atoms with Crippen LogP contribution in [0.25, 0.3) is 0 Å². The normalized spacial score (nSPS) is 10.4. The fourth-order valence-electron chi connectivity index (χ4n) is 1.03. The highest BCUT2D eigenvalue weighted by Gasteiger charge is 2.02. The van der Waals surface area contributed by atoms with Gasteiger partial charge in [-0.15, -0.1) is 0 Å². The van der Waals surface area contributed by atoms with E-state index in [1.54, 1.807) is 13.3 Å². The molecule has 0 bridgehead atoms. The van der Waals surface area contributed by atoms with Crippen LogP contribution in [0.4, 0.5) is 5.95 Å². The summed E-state index contributed by atoms with van der Waals surface area (Å²) in [6, 6.07) is 0. The molecule has 2 N–H and O–H groups in total. The zero-order chi connectivity index (χ0) is 11.8. The van der Waals surface area contributed by atoms with Gasteiger partial charge in [0.2, 0.25) is 11.8 Å². The zero-order valence-electron chi connectivity index (χ0n) is 9.60. The fraction of sp³-hybridized carbons (Fsp3) is 0.600. The molecule has 0 aliphatic heterocycles. The summed E-state index contributed by atoms with van der Waals surface area (Å²) in [5, 5.41) is 0. The minimum absolute atomic E-state index is 0.209. The molecule has 0 atom stereocenters. The van der Waals surface area contributed by atoms with Crippen molar-refractivity contribution in [3.05, 3.63) is 11.8 Å². The summed E-state index contributed by atoms with van der Waals surface area (Å²) in [5.74, 6) is 0.712. The Kier molecular flexibility index (Phi) is 5.52. The summed E-state index contributed by atoms with van der Waals surface area (Å²) >= 11 is 0. The summed E-state index contributed by atoms with van der Waals surface area (Å²) in [4.78, 5) is 7.82.